The third kappa shape index (κ3) is 4.30. The van der Waals surface area contributed by atoms with Crippen LogP contribution in [0.2, 0.25) is 0 Å². The Morgan fingerprint density at radius 1 is 1.19 bits per heavy atom. The van der Waals surface area contributed by atoms with E-state index in [0.29, 0.717) is 12.8 Å². The van der Waals surface area contributed by atoms with E-state index in [1.165, 1.54) is 0 Å². The van der Waals surface area contributed by atoms with Gasteiger partial charge >= 0.3 is 0 Å². The van der Waals surface area contributed by atoms with Crippen LogP contribution in [-0.2, 0) is 18.3 Å². The second-order valence-electron chi connectivity index (χ2n) is 6.16. The van der Waals surface area contributed by atoms with Crippen molar-refractivity contribution >= 4 is 5.91 Å². The first-order chi connectivity index (χ1) is 12.7. The Hall–Kier alpha value is -3.08. The molecular weight excluding hydrogens is 326 g/mol. The van der Waals surface area contributed by atoms with Gasteiger partial charge < -0.3 is 14.6 Å². The molecule has 0 aliphatic rings. The van der Waals surface area contributed by atoms with Crippen LogP contribution in [0.3, 0.4) is 0 Å². The van der Waals surface area contributed by atoms with Gasteiger partial charge in [-0.3, -0.25) is 4.79 Å². The van der Waals surface area contributed by atoms with Crippen LogP contribution >= 0.6 is 0 Å². The molecule has 0 saturated heterocycles. The summed E-state index contributed by atoms with van der Waals surface area (Å²) in [5, 5.41) is 3.12. The molecule has 0 saturated carbocycles. The summed E-state index contributed by atoms with van der Waals surface area (Å²) in [5.41, 5.74) is 2.09. The molecule has 0 aliphatic heterocycles. The molecule has 134 valence electrons. The maximum Gasteiger partial charge on any atom is 0.221 e. The zero-order valence-corrected chi connectivity index (χ0v) is 15.1. The lowest BCUT2D eigenvalue weighted by Crippen LogP contribution is -2.31. The molecule has 5 nitrogen and oxygen atoms in total. The first kappa shape index (κ1) is 17.7. The van der Waals surface area contributed by atoms with Crippen molar-refractivity contribution in [3.8, 4) is 5.75 Å². The van der Waals surface area contributed by atoms with Gasteiger partial charge in [-0.1, -0.05) is 42.5 Å². The number of nitrogens with zero attached hydrogens (tertiary/aromatic N) is 2. The third-order valence-electron chi connectivity index (χ3n) is 4.33. The summed E-state index contributed by atoms with van der Waals surface area (Å²) in [5.74, 6) is 1.52. The molecule has 1 N–H and O–H groups in total. The van der Waals surface area contributed by atoms with Gasteiger partial charge in [0, 0.05) is 25.9 Å². The zero-order chi connectivity index (χ0) is 18.4. The highest BCUT2D eigenvalue weighted by Gasteiger charge is 2.21. The van der Waals surface area contributed by atoms with Crippen molar-refractivity contribution in [2.75, 3.05) is 7.11 Å². The average Bonchev–Trinajstić information content (AvgIpc) is 3.11. The second kappa shape index (κ2) is 8.34. The Morgan fingerprint density at radius 3 is 2.69 bits per heavy atom. The van der Waals surface area contributed by atoms with E-state index in [2.05, 4.69) is 10.3 Å². The smallest absolute Gasteiger partial charge is 0.221 e. The Balaban J connectivity index is 1.77. The van der Waals surface area contributed by atoms with E-state index in [0.717, 1.165) is 22.7 Å². The summed E-state index contributed by atoms with van der Waals surface area (Å²) < 4.78 is 7.24. The van der Waals surface area contributed by atoms with Crippen molar-refractivity contribution in [2.45, 2.75) is 18.9 Å². The van der Waals surface area contributed by atoms with Crippen molar-refractivity contribution < 1.29 is 9.53 Å². The Labute approximate surface area is 153 Å². The van der Waals surface area contributed by atoms with Crippen LogP contribution < -0.4 is 10.1 Å². The minimum atomic E-state index is -0.326. The Morgan fingerprint density at radius 2 is 2.00 bits per heavy atom. The van der Waals surface area contributed by atoms with E-state index in [4.69, 9.17) is 4.74 Å². The number of hydrogen-bond donors (Lipinski definition) is 1. The van der Waals surface area contributed by atoms with Crippen LogP contribution in [-0.4, -0.2) is 22.6 Å². The van der Waals surface area contributed by atoms with Gasteiger partial charge in [0.2, 0.25) is 5.91 Å². The quantitative estimate of drug-likeness (QED) is 0.712. The SMILES string of the molecule is COc1cccc(C(NC(=O)CCc2ccccc2)c2nccn2C)c1. The van der Waals surface area contributed by atoms with E-state index >= 15 is 0 Å². The lowest BCUT2D eigenvalue weighted by molar-refractivity contribution is -0.121. The number of hydrogen-bond acceptors (Lipinski definition) is 3. The lowest BCUT2D eigenvalue weighted by atomic mass is 10.0. The van der Waals surface area contributed by atoms with Gasteiger partial charge in [0.05, 0.1) is 7.11 Å². The molecule has 3 aromatic rings. The monoisotopic (exact) mass is 349 g/mol. The summed E-state index contributed by atoms with van der Waals surface area (Å²) in [6.07, 6.45) is 4.74. The van der Waals surface area contributed by atoms with Gasteiger partial charge in [-0.05, 0) is 29.7 Å². The molecule has 0 spiro atoms. The molecule has 2 aromatic carbocycles. The van der Waals surface area contributed by atoms with Crippen molar-refractivity contribution in [3.05, 3.63) is 83.9 Å². The van der Waals surface area contributed by atoms with Gasteiger partial charge in [0.1, 0.15) is 17.6 Å². The van der Waals surface area contributed by atoms with Crippen molar-refractivity contribution in [1.29, 1.82) is 0 Å². The van der Waals surface area contributed by atoms with Crippen LogP contribution in [0.1, 0.15) is 29.4 Å². The van der Waals surface area contributed by atoms with E-state index < -0.39 is 0 Å². The molecule has 1 heterocycles. The van der Waals surface area contributed by atoms with E-state index in [1.54, 1.807) is 13.3 Å². The Kier molecular flexibility index (Phi) is 5.69. The number of carbonyl (C=O) groups excluding carboxylic acids is 1. The number of methoxy groups -OCH3 is 1. The van der Waals surface area contributed by atoms with Gasteiger partial charge in [0.15, 0.2) is 0 Å². The highest BCUT2D eigenvalue weighted by atomic mass is 16.5. The maximum atomic E-state index is 12.6. The summed E-state index contributed by atoms with van der Waals surface area (Å²) in [4.78, 5) is 17.0. The van der Waals surface area contributed by atoms with E-state index in [-0.39, 0.29) is 11.9 Å². The first-order valence-electron chi connectivity index (χ1n) is 8.62. The standard InChI is InChI=1S/C21H23N3O2/c1-24-14-13-22-21(24)20(17-9-6-10-18(15-17)26-2)23-19(25)12-11-16-7-4-3-5-8-16/h3-10,13-15,20H,11-12H2,1-2H3,(H,23,25). The fourth-order valence-electron chi connectivity index (χ4n) is 2.91. The molecule has 3 rings (SSSR count). The summed E-state index contributed by atoms with van der Waals surface area (Å²) in [7, 11) is 3.55. The maximum absolute atomic E-state index is 12.6. The average molecular weight is 349 g/mol. The Bertz CT molecular complexity index is 858. The van der Waals surface area contributed by atoms with Crippen LogP contribution in [0.4, 0.5) is 0 Å². The highest BCUT2D eigenvalue weighted by molar-refractivity contribution is 5.77. The molecular formula is C21H23N3O2. The predicted octanol–water partition coefficient (Wildman–Crippen LogP) is 3.27. The lowest BCUT2D eigenvalue weighted by Gasteiger charge is -2.20. The number of imidazole rings is 1. The minimum absolute atomic E-state index is 0.00956. The fraction of sp³-hybridized carbons (Fsp3) is 0.238. The van der Waals surface area contributed by atoms with Gasteiger partial charge in [-0.25, -0.2) is 4.98 Å². The first-order valence-corrected chi connectivity index (χ1v) is 8.62. The molecule has 1 amide bonds. The normalized spacial score (nSPS) is 11.8. The largest absolute Gasteiger partial charge is 0.497 e. The molecule has 5 heteroatoms. The molecule has 1 atom stereocenters. The fourth-order valence-corrected chi connectivity index (χ4v) is 2.91. The molecule has 26 heavy (non-hydrogen) atoms. The summed E-state index contributed by atoms with van der Waals surface area (Å²) >= 11 is 0. The number of benzene rings is 2. The second-order valence-corrected chi connectivity index (χ2v) is 6.16. The van der Waals surface area contributed by atoms with Gasteiger partial charge in [0.25, 0.3) is 0 Å². The van der Waals surface area contributed by atoms with E-state index in [1.807, 2.05) is 72.4 Å². The van der Waals surface area contributed by atoms with Crippen LogP contribution in [0.15, 0.2) is 67.0 Å². The molecule has 1 unspecified atom stereocenters. The number of aromatic nitrogens is 2. The van der Waals surface area contributed by atoms with Crippen molar-refractivity contribution in [2.24, 2.45) is 7.05 Å². The number of amides is 1. The summed E-state index contributed by atoms with van der Waals surface area (Å²) in [6, 6.07) is 17.4. The van der Waals surface area contributed by atoms with Gasteiger partial charge in [-0.15, -0.1) is 0 Å². The zero-order valence-electron chi connectivity index (χ0n) is 15.1. The number of nitrogens with one attached hydrogen (secondary N) is 1. The molecule has 0 aliphatic carbocycles. The number of ether oxygens (including phenoxy) is 1. The third-order valence-corrected chi connectivity index (χ3v) is 4.33. The number of carbonyl (C=O) groups is 1. The van der Waals surface area contributed by atoms with Crippen LogP contribution in [0.5, 0.6) is 5.75 Å². The minimum Gasteiger partial charge on any atom is -0.497 e. The topological polar surface area (TPSA) is 56.1 Å². The van der Waals surface area contributed by atoms with Gasteiger partial charge in [-0.2, -0.15) is 0 Å². The predicted molar refractivity (Wildman–Crippen MR) is 101 cm³/mol. The number of rotatable bonds is 7. The van der Waals surface area contributed by atoms with Crippen LogP contribution in [0, 0.1) is 0 Å². The molecule has 0 fully saturated rings. The van der Waals surface area contributed by atoms with E-state index in [9.17, 15) is 4.79 Å². The molecule has 1 aromatic heterocycles. The number of aryl methyl sites for hydroxylation is 2. The highest BCUT2D eigenvalue weighted by Crippen LogP contribution is 2.24. The van der Waals surface area contributed by atoms with Crippen molar-refractivity contribution in [3.63, 3.8) is 0 Å². The molecule has 0 bridgehead atoms. The molecule has 0 radical (unpaired) electrons. The van der Waals surface area contributed by atoms with Crippen molar-refractivity contribution in [1.82, 2.24) is 14.9 Å². The van der Waals surface area contributed by atoms with Crippen LogP contribution in [0.25, 0.3) is 0 Å². The summed E-state index contributed by atoms with van der Waals surface area (Å²) in [6.45, 7) is 0.